The molecule has 51 heavy (non-hydrogen) atoms. The van der Waals surface area contributed by atoms with Crippen LogP contribution in [0.1, 0.15) is 28.8 Å². The minimum Gasteiger partial charge on any atom is -0.484 e. The molecular formula is C45H28N4O2. The van der Waals surface area contributed by atoms with Gasteiger partial charge < -0.3 is 13.7 Å². The Morgan fingerprint density at radius 2 is 1.25 bits per heavy atom. The SMILES string of the molecule is C1=CC2c3cccc(-c4nc(-c5ccccc5)nc(-c5ccc6oc7ccccc7c6c5)n4)c3OC2c2c1n(-c1ccccc1)c1ccccc21. The average Bonchev–Trinajstić information content (AvgIpc) is 3.87. The molecule has 240 valence electrons. The molecule has 0 radical (unpaired) electrons. The third kappa shape index (κ3) is 4.26. The van der Waals surface area contributed by atoms with E-state index in [1.165, 1.54) is 10.9 Å². The minimum absolute atomic E-state index is 0.0501. The summed E-state index contributed by atoms with van der Waals surface area (Å²) in [6.45, 7) is 0. The second-order valence-electron chi connectivity index (χ2n) is 13.1. The molecule has 11 rings (SSSR count). The lowest BCUT2D eigenvalue weighted by atomic mass is 9.85. The summed E-state index contributed by atoms with van der Waals surface area (Å²) in [5.74, 6) is 2.63. The Morgan fingerprint density at radius 1 is 0.549 bits per heavy atom. The van der Waals surface area contributed by atoms with E-state index in [1.807, 2.05) is 60.7 Å². The maximum absolute atomic E-state index is 7.09. The molecule has 1 aliphatic carbocycles. The lowest BCUT2D eigenvalue weighted by molar-refractivity contribution is 0.225. The van der Waals surface area contributed by atoms with E-state index in [9.17, 15) is 0 Å². The van der Waals surface area contributed by atoms with Gasteiger partial charge in [-0.25, -0.2) is 15.0 Å². The van der Waals surface area contributed by atoms with Gasteiger partial charge in [0.05, 0.1) is 16.8 Å². The van der Waals surface area contributed by atoms with Crippen LogP contribution in [0.3, 0.4) is 0 Å². The molecule has 9 aromatic rings. The van der Waals surface area contributed by atoms with Crippen LogP contribution in [0, 0.1) is 0 Å². The van der Waals surface area contributed by atoms with E-state index in [0.717, 1.165) is 66.8 Å². The van der Waals surface area contributed by atoms with Gasteiger partial charge in [0.2, 0.25) is 0 Å². The predicted molar refractivity (Wildman–Crippen MR) is 202 cm³/mol. The summed E-state index contributed by atoms with van der Waals surface area (Å²) in [5.41, 5.74) is 10.1. The van der Waals surface area contributed by atoms with Crippen LogP contribution in [0.5, 0.6) is 5.75 Å². The number of fused-ring (bicyclic) bond motifs is 10. The molecule has 0 spiro atoms. The fourth-order valence-corrected chi connectivity index (χ4v) is 7.94. The molecule has 3 aromatic heterocycles. The summed E-state index contributed by atoms with van der Waals surface area (Å²) in [7, 11) is 0. The highest BCUT2D eigenvalue weighted by Crippen LogP contribution is 2.55. The molecule has 0 amide bonds. The van der Waals surface area contributed by atoms with E-state index in [2.05, 4.69) is 102 Å². The fraction of sp³-hybridized carbons (Fsp3) is 0.0444. The van der Waals surface area contributed by atoms with Crippen molar-refractivity contribution in [1.29, 1.82) is 0 Å². The number of hydrogen-bond donors (Lipinski definition) is 0. The molecule has 2 atom stereocenters. The first-order valence-corrected chi connectivity index (χ1v) is 17.2. The van der Waals surface area contributed by atoms with Crippen LogP contribution in [0.25, 0.3) is 78.8 Å². The molecule has 2 aliphatic rings. The molecule has 1 aliphatic heterocycles. The van der Waals surface area contributed by atoms with Gasteiger partial charge in [0.1, 0.15) is 23.0 Å². The highest BCUT2D eigenvalue weighted by molar-refractivity contribution is 6.06. The summed E-state index contributed by atoms with van der Waals surface area (Å²) in [6, 6.07) is 49.8. The number of aromatic nitrogens is 4. The number of rotatable bonds is 4. The monoisotopic (exact) mass is 656 g/mol. The number of benzene rings is 6. The zero-order valence-corrected chi connectivity index (χ0v) is 27.3. The molecule has 0 N–H and O–H groups in total. The molecule has 6 nitrogen and oxygen atoms in total. The molecule has 6 aromatic carbocycles. The second-order valence-corrected chi connectivity index (χ2v) is 13.1. The standard InChI is InChI=1S/C45H28N4O2/c1-3-12-27(13-4-1)43-46-44(28-22-25-39-35(26-28)30-16-8-10-21-38(30)50-39)48-45(47-43)34-19-11-18-31-32-23-24-37-40(42(32)51-41(31)34)33-17-7-9-20-36(33)49(37)29-14-5-2-6-15-29/h1-26,32,42H. The van der Waals surface area contributed by atoms with Crippen LogP contribution in [0.15, 0.2) is 156 Å². The Morgan fingerprint density at radius 3 is 2.12 bits per heavy atom. The van der Waals surface area contributed by atoms with Crippen molar-refractivity contribution in [1.82, 2.24) is 19.5 Å². The summed E-state index contributed by atoms with van der Waals surface area (Å²) >= 11 is 0. The van der Waals surface area contributed by atoms with Crippen LogP contribution < -0.4 is 4.74 Å². The number of ether oxygens (including phenoxy) is 1. The second kappa shape index (κ2) is 10.9. The largest absolute Gasteiger partial charge is 0.484 e. The first-order valence-electron chi connectivity index (χ1n) is 17.2. The average molecular weight is 657 g/mol. The van der Waals surface area contributed by atoms with Crippen molar-refractivity contribution in [2.45, 2.75) is 12.0 Å². The third-order valence-electron chi connectivity index (χ3n) is 10.2. The van der Waals surface area contributed by atoms with E-state index in [1.54, 1.807) is 0 Å². The molecule has 0 fully saturated rings. The van der Waals surface area contributed by atoms with Crippen molar-refractivity contribution in [3.05, 3.63) is 168 Å². The van der Waals surface area contributed by atoms with E-state index in [0.29, 0.717) is 17.5 Å². The van der Waals surface area contributed by atoms with E-state index in [4.69, 9.17) is 24.1 Å². The quantitative estimate of drug-likeness (QED) is 0.189. The van der Waals surface area contributed by atoms with E-state index >= 15 is 0 Å². The van der Waals surface area contributed by atoms with Crippen molar-refractivity contribution < 1.29 is 9.15 Å². The van der Waals surface area contributed by atoms with Crippen LogP contribution >= 0.6 is 0 Å². The van der Waals surface area contributed by atoms with Crippen molar-refractivity contribution >= 4 is 38.9 Å². The highest BCUT2D eigenvalue weighted by atomic mass is 16.5. The zero-order valence-electron chi connectivity index (χ0n) is 27.3. The molecule has 0 saturated carbocycles. The first-order chi connectivity index (χ1) is 25.3. The summed E-state index contributed by atoms with van der Waals surface area (Å²) in [4.78, 5) is 15.3. The summed E-state index contributed by atoms with van der Waals surface area (Å²) in [5, 5.41) is 3.28. The number of para-hydroxylation sites is 4. The smallest absolute Gasteiger partial charge is 0.167 e. The molecular weight excluding hydrogens is 629 g/mol. The minimum atomic E-state index is -0.192. The van der Waals surface area contributed by atoms with Gasteiger partial charge >= 0.3 is 0 Å². The Labute approximate surface area is 293 Å². The van der Waals surface area contributed by atoms with Crippen LogP contribution in [-0.4, -0.2) is 19.5 Å². The van der Waals surface area contributed by atoms with Gasteiger partial charge in [0, 0.05) is 50.0 Å². The number of nitrogens with zero attached hydrogens (tertiary/aromatic N) is 4. The third-order valence-corrected chi connectivity index (χ3v) is 10.2. The highest BCUT2D eigenvalue weighted by Gasteiger charge is 2.41. The molecule has 2 unspecified atom stereocenters. The van der Waals surface area contributed by atoms with Crippen LogP contribution in [0.4, 0.5) is 0 Å². The molecule has 0 saturated heterocycles. The fourth-order valence-electron chi connectivity index (χ4n) is 7.94. The van der Waals surface area contributed by atoms with Gasteiger partial charge in [0.15, 0.2) is 17.5 Å². The lowest BCUT2D eigenvalue weighted by Gasteiger charge is -2.22. The predicted octanol–water partition coefficient (Wildman–Crippen LogP) is 11.0. The molecule has 6 heteroatoms. The van der Waals surface area contributed by atoms with Crippen molar-refractivity contribution in [3.8, 4) is 45.6 Å². The Balaban J connectivity index is 1.08. The number of hydrogen-bond acceptors (Lipinski definition) is 5. The van der Waals surface area contributed by atoms with Gasteiger partial charge in [-0.15, -0.1) is 0 Å². The maximum Gasteiger partial charge on any atom is 0.167 e. The van der Waals surface area contributed by atoms with E-state index < -0.39 is 0 Å². The summed E-state index contributed by atoms with van der Waals surface area (Å²) < 4.78 is 15.6. The topological polar surface area (TPSA) is 66.0 Å². The molecule has 0 bridgehead atoms. The lowest BCUT2D eigenvalue weighted by Crippen LogP contribution is -2.13. The van der Waals surface area contributed by atoms with Gasteiger partial charge in [0.25, 0.3) is 0 Å². The van der Waals surface area contributed by atoms with Gasteiger partial charge in [-0.3, -0.25) is 0 Å². The van der Waals surface area contributed by atoms with Gasteiger partial charge in [-0.1, -0.05) is 103 Å². The van der Waals surface area contributed by atoms with Crippen molar-refractivity contribution in [3.63, 3.8) is 0 Å². The Kier molecular flexibility index (Phi) is 5.98. The molecule has 4 heterocycles. The van der Waals surface area contributed by atoms with Crippen LogP contribution in [0.2, 0.25) is 0 Å². The maximum atomic E-state index is 7.09. The zero-order chi connectivity index (χ0) is 33.5. The summed E-state index contributed by atoms with van der Waals surface area (Å²) in [6.07, 6.45) is 4.36. The number of furan rings is 1. The van der Waals surface area contributed by atoms with Crippen LogP contribution in [-0.2, 0) is 0 Å². The van der Waals surface area contributed by atoms with Gasteiger partial charge in [-0.05, 0) is 54.6 Å². The van der Waals surface area contributed by atoms with E-state index in [-0.39, 0.29) is 12.0 Å². The van der Waals surface area contributed by atoms with Crippen molar-refractivity contribution in [2.75, 3.05) is 0 Å². The Hall–Kier alpha value is -6.79. The normalized spacial score (nSPS) is 15.9. The first kappa shape index (κ1) is 28.1. The van der Waals surface area contributed by atoms with Crippen molar-refractivity contribution in [2.24, 2.45) is 0 Å². The van der Waals surface area contributed by atoms with Gasteiger partial charge in [-0.2, -0.15) is 0 Å². The Bertz CT molecular complexity index is 2850.